The molecule has 7 nitrogen and oxygen atoms in total. The predicted molar refractivity (Wildman–Crippen MR) is 93.3 cm³/mol. The molecule has 0 saturated carbocycles. The number of amides is 1. The SMILES string of the molecule is NC(=O)c1ncn(Cc2c(-c3ccc(Cl)cc3)nc3ccccn23)n1. The summed E-state index contributed by atoms with van der Waals surface area (Å²) in [4.78, 5) is 19.8. The lowest BCUT2D eigenvalue weighted by Crippen LogP contribution is -2.14. The monoisotopic (exact) mass is 352 g/mol. The van der Waals surface area contributed by atoms with E-state index in [2.05, 4.69) is 10.1 Å². The van der Waals surface area contributed by atoms with E-state index in [0.29, 0.717) is 11.6 Å². The summed E-state index contributed by atoms with van der Waals surface area (Å²) in [5.74, 6) is -0.670. The molecule has 124 valence electrons. The van der Waals surface area contributed by atoms with E-state index in [1.807, 2.05) is 53.1 Å². The highest BCUT2D eigenvalue weighted by Crippen LogP contribution is 2.26. The number of primary amides is 1. The number of nitrogens with zero attached hydrogens (tertiary/aromatic N) is 5. The topological polar surface area (TPSA) is 91.1 Å². The summed E-state index contributed by atoms with van der Waals surface area (Å²) in [5, 5.41) is 4.77. The van der Waals surface area contributed by atoms with Gasteiger partial charge in [0.25, 0.3) is 5.91 Å². The number of fused-ring (bicyclic) bond motifs is 1. The molecule has 2 N–H and O–H groups in total. The number of halogens is 1. The number of hydrogen-bond donors (Lipinski definition) is 1. The second-order valence-electron chi connectivity index (χ2n) is 5.47. The zero-order valence-electron chi connectivity index (χ0n) is 13.0. The van der Waals surface area contributed by atoms with Crippen LogP contribution in [0.4, 0.5) is 0 Å². The van der Waals surface area contributed by atoms with Gasteiger partial charge >= 0.3 is 0 Å². The van der Waals surface area contributed by atoms with Gasteiger partial charge < -0.3 is 10.1 Å². The van der Waals surface area contributed by atoms with Gasteiger partial charge in [0.2, 0.25) is 5.82 Å². The third-order valence-corrected chi connectivity index (χ3v) is 4.07. The van der Waals surface area contributed by atoms with Crippen molar-refractivity contribution in [3.63, 3.8) is 0 Å². The van der Waals surface area contributed by atoms with Crippen molar-refractivity contribution in [2.24, 2.45) is 5.73 Å². The number of aromatic nitrogens is 5. The standard InChI is InChI=1S/C17H13ClN6O/c18-12-6-4-11(5-7-12)15-13(24-8-2-1-3-14(24)21-15)9-23-10-20-17(22-23)16(19)25/h1-8,10H,9H2,(H2,19,25). The Bertz CT molecular complexity index is 1070. The second-order valence-corrected chi connectivity index (χ2v) is 5.91. The summed E-state index contributed by atoms with van der Waals surface area (Å²) in [5.41, 5.74) is 8.71. The minimum absolute atomic E-state index is 0.0122. The highest BCUT2D eigenvalue weighted by Gasteiger charge is 2.16. The van der Waals surface area contributed by atoms with Gasteiger partial charge in [-0.25, -0.2) is 14.6 Å². The molecule has 8 heteroatoms. The molecule has 0 unspecified atom stereocenters. The van der Waals surface area contributed by atoms with Gasteiger partial charge in [-0.15, -0.1) is 5.10 Å². The molecular formula is C17H13ClN6O. The van der Waals surface area contributed by atoms with E-state index in [9.17, 15) is 4.79 Å². The summed E-state index contributed by atoms with van der Waals surface area (Å²) in [6, 6.07) is 13.3. The molecule has 4 aromatic rings. The summed E-state index contributed by atoms with van der Waals surface area (Å²) >= 11 is 5.99. The van der Waals surface area contributed by atoms with Crippen LogP contribution in [0.15, 0.2) is 55.0 Å². The summed E-state index contributed by atoms with van der Waals surface area (Å²) in [6.45, 7) is 0.392. The third kappa shape index (κ3) is 2.85. The lowest BCUT2D eigenvalue weighted by atomic mass is 10.1. The lowest BCUT2D eigenvalue weighted by molar-refractivity contribution is 0.0990. The van der Waals surface area contributed by atoms with Gasteiger partial charge in [0.15, 0.2) is 0 Å². The maximum Gasteiger partial charge on any atom is 0.288 e. The normalized spacial score (nSPS) is 11.1. The van der Waals surface area contributed by atoms with Crippen LogP contribution in [0.25, 0.3) is 16.9 Å². The number of nitrogens with two attached hydrogens (primary N) is 1. The molecule has 1 amide bonds. The quantitative estimate of drug-likeness (QED) is 0.610. The summed E-state index contributed by atoms with van der Waals surface area (Å²) in [7, 11) is 0. The molecule has 0 fully saturated rings. The molecule has 3 aromatic heterocycles. The molecule has 3 heterocycles. The Balaban J connectivity index is 1.83. The highest BCUT2D eigenvalue weighted by atomic mass is 35.5. The van der Waals surface area contributed by atoms with Crippen LogP contribution in [0, 0.1) is 0 Å². The number of carbonyl (C=O) groups is 1. The molecule has 0 atom stereocenters. The predicted octanol–water partition coefficient (Wildman–Crippen LogP) is 2.39. The van der Waals surface area contributed by atoms with E-state index in [-0.39, 0.29) is 5.82 Å². The van der Waals surface area contributed by atoms with Crippen LogP contribution in [0.5, 0.6) is 0 Å². The molecule has 0 aliphatic heterocycles. The van der Waals surface area contributed by atoms with Crippen LogP contribution in [-0.2, 0) is 6.54 Å². The first-order valence-corrected chi connectivity index (χ1v) is 7.91. The molecule has 0 radical (unpaired) electrons. The second kappa shape index (κ2) is 6.03. The Labute approximate surface area is 147 Å². The Morgan fingerprint density at radius 3 is 2.68 bits per heavy atom. The number of carbonyl (C=O) groups excluding carboxylic acids is 1. The van der Waals surface area contributed by atoms with E-state index in [4.69, 9.17) is 22.3 Å². The van der Waals surface area contributed by atoms with Crippen LogP contribution in [0.3, 0.4) is 0 Å². The van der Waals surface area contributed by atoms with Crippen molar-refractivity contribution in [2.75, 3.05) is 0 Å². The fourth-order valence-electron chi connectivity index (χ4n) is 2.67. The Hall–Kier alpha value is -3.19. The van der Waals surface area contributed by atoms with E-state index in [0.717, 1.165) is 22.6 Å². The third-order valence-electron chi connectivity index (χ3n) is 3.82. The van der Waals surface area contributed by atoms with E-state index in [1.54, 1.807) is 4.68 Å². The Morgan fingerprint density at radius 2 is 1.96 bits per heavy atom. The van der Waals surface area contributed by atoms with Crippen LogP contribution in [0.2, 0.25) is 5.02 Å². The number of imidazole rings is 1. The minimum Gasteiger partial charge on any atom is -0.363 e. The van der Waals surface area contributed by atoms with Crippen molar-refractivity contribution >= 4 is 23.2 Å². The minimum atomic E-state index is -0.658. The number of hydrogen-bond acceptors (Lipinski definition) is 4. The zero-order valence-corrected chi connectivity index (χ0v) is 13.8. The number of pyridine rings is 1. The van der Waals surface area contributed by atoms with E-state index < -0.39 is 5.91 Å². The van der Waals surface area contributed by atoms with Crippen molar-refractivity contribution in [1.82, 2.24) is 24.1 Å². The summed E-state index contributed by atoms with van der Waals surface area (Å²) < 4.78 is 3.55. The van der Waals surface area contributed by atoms with Gasteiger partial charge in [-0.05, 0) is 24.3 Å². The number of rotatable bonds is 4. The van der Waals surface area contributed by atoms with Crippen molar-refractivity contribution in [3.05, 3.63) is 71.5 Å². The molecule has 0 spiro atoms. The van der Waals surface area contributed by atoms with Crippen molar-refractivity contribution in [3.8, 4) is 11.3 Å². The largest absolute Gasteiger partial charge is 0.363 e. The van der Waals surface area contributed by atoms with Gasteiger partial charge in [0.05, 0.1) is 17.9 Å². The van der Waals surface area contributed by atoms with Gasteiger partial charge in [0.1, 0.15) is 12.0 Å². The fourth-order valence-corrected chi connectivity index (χ4v) is 2.80. The average molecular weight is 353 g/mol. The van der Waals surface area contributed by atoms with Crippen molar-refractivity contribution in [2.45, 2.75) is 6.54 Å². The Kier molecular flexibility index (Phi) is 3.70. The average Bonchev–Trinajstić information content (AvgIpc) is 3.22. The Morgan fingerprint density at radius 1 is 1.16 bits per heavy atom. The van der Waals surface area contributed by atoms with Crippen LogP contribution in [-0.4, -0.2) is 30.1 Å². The first kappa shape index (κ1) is 15.3. The van der Waals surface area contributed by atoms with Gasteiger partial charge in [-0.1, -0.05) is 29.8 Å². The summed E-state index contributed by atoms with van der Waals surface area (Å²) in [6.07, 6.45) is 3.41. The molecule has 0 saturated heterocycles. The molecule has 0 aliphatic carbocycles. The highest BCUT2D eigenvalue weighted by molar-refractivity contribution is 6.30. The van der Waals surface area contributed by atoms with Gasteiger partial charge in [-0.2, -0.15) is 0 Å². The molecule has 1 aromatic carbocycles. The van der Waals surface area contributed by atoms with Crippen LogP contribution in [0.1, 0.15) is 16.3 Å². The number of benzene rings is 1. The first-order chi connectivity index (χ1) is 12.1. The maximum absolute atomic E-state index is 11.2. The van der Waals surface area contributed by atoms with Gasteiger partial charge in [-0.3, -0.25) is 4.79 Å². The van der Waals surface area contributed by atoms with E-state index in [1.165, 1.54) is 6.33 Å². The first-order valence-electron chi connectivity index (χ1n) is 7.53. The molecular weight excluding hydrogens is 340 g/mol. The van der Waals surface area contributed by atoms with Crippen molar-refractivity contribution in [1.29, 1.82) is 0 Å². The fraction of sp³-hybridized carbons (Fsp3) is 0.0588. The zero-order chi connectivity index (χ0) is 17.4. The van der Waals surface area contributed by atoms with Crippen LogP contribution < -0.4 is 5.73 Å². The molecule has 0 bridgehead atoms. The van der Waals surface area contributed by atoms with Crippen LogP contribution >= 0.6 is 11.6 Å². The maximum atomic E-state index is 11.2. The smallest absolute Gasteiger partial charge is 0.288 e. The molecule has 0 aliphatic rings. The van der Waals surface area contributed by atoms with E-state index >= 15 is 0 Å². The van der Waals surface area contributed by atoms with Crippen molar-refractivity contribution < 1.29 is 4.79 Å². The molecule has 25 heavy (non-hydrogen) atoms. The lowest BCUT2D eigenvalue weighted by Gasteiger charge is -2.05. The van der Waals surface area contributed by atoms with Gasteiger partial charge in [0, 0.05) is 16.8 Å². The molecule has 4 rings (SSSR count).